The predicted octanol–water partition coefficient (Wildman–Crippen LogP) is -1.15. The van der Waals surface area contributed by atoms with E-state index in [-0.39, 0.29) is 11.1 Å². The normalized spacial score (nSPS) is 10.1. The Bertz CT molecular complexity index is 371. The number of aromatic carboxylic acids is 2. The molecule has 0 saturated heterocycles. The van der Waals surface area contributed by atoms with Crippen molar-refractivity contribution in [3.8, 4) is 0 Å². The van der Waals surface area contributed by atoms with Crippen LogP contribution in [0.25, 0.3) is 0 Å². The third kappa shape index (κ3) is 7.58. The molecule has 0 aliphatic heterocycles. The number of carboxylic acid groups (broad SMARTS) is 2. The van der Waals surface area contributed by atoms with E-state index < -0.39 is 30.1 Å². The number of hydrogen-bond donors (Lipinski definition) is 6. The summed E-state index contributed by atoms with van der Waals surface area (Å²) in [4.78, 5) is 20.9. The third-order valence-corrected chi connectivity index (χ3v) is 1.39. The van der Waals surface area contributed by atoms with Crippen molar-refractivity contribution in [2.24, 2.45) is 0 Å². The monoisotopic (exact) mass is 282 g/mol. The number of benzene rings is 1. The topological polar surface area (TPSA) is 156 Å². The van der Waals surface area contributed by atoms with Crippen molar-refractivity contribution < 1.29 is 52.7 Å². The van der Waals surface area contributed by atoms with Gasteiger partial charge in [0.25, 0.3) is 0 Å². The summed E-state index contributed by atoms with van der Waals surface area (Å²) in [7, 11) is 0. The molecular weight excluding hydrogens is 272 g/mol. The second kappa shape index (κ2) is 6.45. The van der Waals surface area contributed by atoms with Crippen molar-refractivity contribution in [2.45, 2.75) is 0 Å². The van der Waals surface area contributed by atoms with E-state index in [0.717, 1.165) is 0 Å². The molecule has 0 heterocycles. The van der Waals surface area contributed by atoms with E-state index in [4.69, 9.17) is 25.0 Å². The molecule has 0 radical (unpaired) electrons. The summed E-state index contributed by atoms with van der Waals surface area (Å²) in [5.41, 5.74) is -0.380. The van der Waals surface area contributed by atoms with E-state index in [1.54, 1.807) is 0 Å². The molecule has 0 aliphatic carbocycles. The SMILES string of the molecule is O=C(O)c1ccccc1C(=O)O.[OH][Ti]([OH])([OH])[OH]. The van der Waals surface area contributed by atoms with Crippen LogP contribution < -0.4 is 0 Å². The van der Waals surface area contributed by atoms with Crippen molar-refractivity contribution >= 4 is 11.9 Å². The zero-order valence-electron chi connectivity index (χ0n) is 8.31. The first-order valence-corrected chi connectivity index (χ1v) is 6.87. The molecule has 0 aromatic heterocycles. The second-order valence-corrected chi connectivity index (χ2v) is 4.63. The summed E-state index contributed by atoms with van der Waals surface area (Å²) in [6.07, 6.45) is 0. The summed E-state index contributed by atoms with van der Waals surface area (Å²) < 4.78 is 29.5. The molecule has 0 atom stereocenters. The molecule has 0 amide bonds. The Morgan fingerprint density at radius 1 is 0.824 bits per heavy atom. The van der Waals surface area contributed by atoms with E-state index in [2.05, 4.69) is 0 Å². The van der Waals surface area contributed by atoms with Crippen LogP contribution in [0.2, 0.25) is 0 Å². The molecular formula is C8H10O8Ti. The van der Waals surface area contributed by atoms with E-state index >= 15 is 0 Å². The number of hydrogen-bond acceptors (Lipinski definition) is 6. The van der Waals surface area contributed by atoms with Gasteiger partial charge in [-0.2, -0.15) is 0 Å². The first-order valence-electron chi connectivity index (χ1n) is 4.08. The maximum absolute atomic E-state index is 10.5. The molecule has 17 heavy (non-hydrogen) atoms. The zero-order valence-corrected chi connectivity index (χ0v) is 9.87. The molecule has 1 rings (SSSR count). The molecule has 0 saturated carbocycles. The van der Waals surface area contributed by atoms with Crippen LogP contribution in [0.3, 0.4) is 0 Å². The first kappa shape index (κ1) is 15.7. The Labute approximate surface area is 100 Å². The summed E-state index contributed by atoms with van der Waals surface area (Å²) in [6.45, 7) is 0. The van der Waals surface area contributed by atoms with Crippen LogP contribution in [0, 0.1) is 0 Å². The minimum absolute atomic E-state index is 0.190. The van der Waals surface area contributed by atoms with Crippen molar-refractivity contribution in [3.63, 3.8) is 0 Å². The summed E-state index contributed by atoms with van der Waals surface area (Å²) in [5, 5.41) is 17.1. The Morgan fingerprint density at radius 2 is 1.06 bits per heavy atom. The van der Waals surface area contributed by atoms with Gasteiger partial charge in [-0.3, -0.25) is 0 Å². The minimum atomic E-state index is -5.00. The van der Waals surface area contributed by atoms with Gasteiger partial charge in [0.1, 0.15) is 0 Å². The predicted molar refractivity (Wildman–Crippen MR) is 49.2 cm³/mol. The van der Waals surface area contributed by atoms with Crippen molar-refractivity contribution in [3.05, 3.63) is 35.4 Å². The fourth-order valence-electron chi connectivity index (χ4n) is 0.856. The quantitative estimate of drug-likeness (QED) is 0.371. The van der Waals surface area contributed by atoms with E-state index in [1.165, 1.54) is 24.3 Å². The summed E-state index contributed by atoms with van der Waals surface area (Å²) >= 11 is -5.00. The van der Waals surface area contributed by atoms with E-state index in [9.17, 15) is 9.59 Å². The fourth-order valence-corrected chi connectivity index (χ4v) is 0.856. The Hall–Kier alpha value is -1.29. The molecule has 1 aromatic carbocycles. The molecule has 94 valence electrons. The van der Waals surface area contributed by atoms with Gasteiger partial charge >= 0.3 is 44.8 Å². The maximum atomic E-state index is 10.5. The van der Waals surface area contributed by atoms with Gasteiger partial charge in [-0.15, -0.1) is 0 Å². The number of rotatable bonds is 2. The van der Waals surface area contributed by atoms with Crippen LogP contribution in [0.1, 0.15) is 20.7 Å². The summed E-state index contributed by atoms with van der Waals surface area (Å²) in [6, 6.07) is 5.48. The third-order valence-electron chi connectivity index (χ3n) is 1.39. The van der Waals surface area contributed by atoms with Gasteiger partial charge in [0.2, 0.25) is 0 Å². The Balaban J connectivity index is 0.000000437. The van der Waals surface area contributed by atoms with Gasteiger partial charge in [-0.25, -0.2) is 9.59 Å². The van der Waals surface area contributed by atoms with Gasteiger partial charge in [-0.05, 0) is 12.1 Å². The van der Waals surface area contributed by atoms with Gasteiger partial charge in [-0.1, -0.05) is 12.1 Å². The Morgan fingerprint density at radius 3 is 1.24 bits per heavy atom. The van der Waals surface area contributed by atoms with Crippen molar-refractivity contribution in [2.75, 3.05) is 0 Å². The van der Waals surface area contributed by atoms with Gasteiger partial charge in [0.15, 0.2) is 0 Å². The molecule has 1 aromatic rings. The molecule has 0 unspecified atom stereocenters. The van der Waals surface area contributed by atoms with Crippen LogP contribution in [-0.2, 0) is 18.1 Å². The summed E-state index contributed by atoms with van der Waals surface area (Å²) in [5.74, 6) is -2.46. The average Bonchev–Trinajstić information content (AvgIpc) is 2.15. The molecule has 0 bridgehead atoms. The van der Waals surface area contributed by atoms with Gasteiger partial charge < -0.3 is 10.2 Å². The van der Waals surface area contributed by atoms with E-state index in [1.807, 2.05) is 0 Å². The van der Waals surface area contributed by atoms with Crippen LogP contribution in [0.4, 0.5) is 0 Å². The van der Waals surface area contributed by atoms with Crippen molar-refractivity contribution in [1.29, 1.82) is 0 Å². The molecule has 0 aliphatic rings. The number of carbonyl (C=O) groups is 2. The second-order valence-electron chi connectivity index (χ2n) is 2.76. The molecule has 0 fully saturated rings. The van der Waals surface area contributed by atoms with Gasteiger partial charge in [0, 0.05) is 0 Å². The average molecular weight is 282 g/mol. The van der Waals surface area contributed by atoms with Gasteiger partial charge in [0.05, 0.1) is 11.1 Å². The zero-order chi connectivity index (χ0) is 13.6. The Kier molecular flexibility index (Phi) is 5.96. The molecule has 6 N–H and O–H groups in total. The molecule has 9 heteroatoms. The van der Waals surface area contributed by atoms with Crippen LogP contribution in [0.5, 0.6) is 0 Å². The van der Waals surface area contributed by atoms with Crippen LogP contribution in [-0.4, -0.2) is 36.9 Å². The van der Waals surface area contributed by atoms with E-state index in [0.29, 0.717) is 0 Å². The molecule has 0 spiro atoms. The van der Waals surface area contributed by atoms with Crippen LogP contribution in [0.15, 0.2) is 24.3 Å². The van der Waals surface area contributed by atoms with Crippen molar-refractivity contribution in [1.82, 2.24) is 0 Å². The number of carboxylic acids is 2. The fraction of sp³-hybridized carbons (Fsp3) is 0. The molecule has 8 nitrogen and oxygen atoms in total. The van der Waals surface area contributed by atoms with Crippen LogP contribution >= 0.6 is 0 Å². The first-order chi connectivity index (χ1) is 7.63. The standard InChI is InChI=1S/C8H6O4.4H2O.Ti/c9-7(10)5-3-1-2-4-6(5)8(11)12;;;;;/h1-4H,(H,9,10)(H,11,12);4*1H2;/q;;;;;+4/p-4.